The molecular weight excluding hydrogens is 290 g/mol. The average molecular weight is 310 g/mol. The highest BCUT2D eigenvalue weighted by atomic mass is 19.1. The SMILES string of the molecule is O=C(O)C1CC2(CCNCC2)CN1Cc1cc(F)ccc1F. The maximum atomic E-state index is 13.8. The molecule has 2 aliphatic heterocycles. The van der Waals surface area contributed by atoms with Gasteiger partial charge in [-0.15, -0.1) is 0 Å². The van der Waals surface area contributed by atoms with E-state index in [1.165, 1.54) is 0 Å². The molecule has 4 nitrogen and oxygen atoms in total. The number of piperidine rings is 1. The molecule has 22 heavy (non-hydrogen) atoms. The molecule has 1 unspecified atom stereocenters. The summed E-state index contributed by atoms with van der Waals surface area (Å²) in [6.45, 7) is 2.53. The van der Waals surface area contributed by atoms with E-state index in [4.69, 9.17) is 0 Å². The van der Waals surface area contributed by atoms with E-state index < -0.39 is 23.6 Å². The molecule has 0 saturated carbocycles. The van der Waals surface area contributed by atoms with Crippen molar-refractivity contribution >= 4 is 5.97 Å². The summed E-state index contributed by atoms with van der Waals surface area (Å²) in [6.07, 6.45) is 2.44. The molecular formula is C16H20F2N2O2. The van der Waals surface area contributed by atoms with Crippen molar-refractivity contribution in [2.24, 2.45) is 5.41 Å². The van der Waals surface area contributed by atoms with E-state index in [2.05, 4.69) is 5.32 Å². The molecule has 2 fully saturated rings. The second-order valence-corrected chi connectivity index (χ2v) is 6.45. The minimum Gasteiger partial charge on any atom is -0.480 e. The van der Waals surface area contributed by atoms with Gasteiger partial charge in [0.05, 0.1) is 0 Å². The largest absolute Gasteiger partial charge is 0.480 e. The molecule has 120 valence electrons. The Bertz CT molecular complexity index is 573. The summed E-state index contributed by atoms with van der Waals surface area (Å²) < 4.78 is 27.1. The van der Waals surface area contributed by atoms with Crippen LogP contribution in [-0.4, -0.2) is 41.7 Å². The second kappa shape index (κ2) is 5.93. The molecule has 0 aromatic heterocycles. The Morgan fingerprint density at radius 2 is 2.09 bits per heavy atom. The Hall–Kier alpha value is -1.53. The van der Waals surface area contributed by atoms with Crippen molar-refractivity contribution in [1.82, 2.24) is 10.2 Å². The minimum absolute atomic E-state index is 0.0158. The first-order valence-electron chi connectivity index (χ1n) is 7.61. The minimum atomic E-state index is -0.882. The van der Waals surface area contributed by atoms with Gasteiger partial charge in [0.1, 0.15) is 17.7 Å². The number of aliphatic carboxylic acids is 1. The Labute approximate surface area is 128 Å². The van der Waals surface area contributed by atoms with E-state index in [1.807, 2.05) is 0 Å². The summed E-state index contributed by atoms with van der Waals surface area (Å²) >= 11 is 0. The van der Waals surface area contributed by atoms with Gasteiger partial charge in [0.2, 0.25) is 0 Å². The summed E-state index contributed by atoms with van der Waals surface area (Å²) in [7, 11) is 0. The summed E-state index contributed by atoms with van der Waals surface area (Å²) in [4.78, 5) is 13.3. The van der Waals surface area contributed by atoms with Gasteiger partial charge in [-0.3, -0.25) is 9.69 Å². The molecule has 6 heteroatoms. The van der Waals surface area contributed by atoms with Crippen LogP contribution in [0.4, 0.5) is 8.78 Å². The van der Waals surface area contributed by atoms with E-state index in [9.17, 15) is 18.7 Å². The molecule has 2 N–H and O–H groups in total. The highest BCUT2D eigenvalue weighted by Crippen LogP contribution is 2.42. The maximum absolute atomic E-state index is 13.8. The highest BCUT2D eigenvalue weighted by molar-refractivity contribution is 5.74. The van der Waals surface area contributed by atoms with Gasteiger partial charge in [0.25, 0.3) is 0 Å². The quantitative estimate of drug-likeness (QED) is 0.896. The van der Waals surface area contributed by atoms with Crippen LogP contribution in [0.2, 0.25) is 0 Å². The van der Waals surface area contributed by atoms with Crippen molar-refractivity contribution in [3.05, 3.63) is 35.4 Å². The van der Waals surface area contributed by atoms with Crippen LogP contribution in [0.1, 0.15) is 24.8 Å². The summed E-state index contributed by atoms with van der Waals surface area (Å²) in [5.41, 5.74) is 0.204. The zero-order valence-corrected chi connectivity index (χ0v) is 12.3. The average Bonchev–Trinajstić information content (AvgIpc) is 2.82. The fourth-order valence-corrected chi connectivity index (χ4v) is 3.76. The van der Waals surface area contributed by atoms with Gasteiger partial charge in [-0.1, -0.05) is 0 Å². The lowest BCUT2D eigenvalue weighted by molar-refractivity contribution is -0.142. The van der Waals surface area contributed by atoms with Crippen molar-refractivity contribution in [1.29, 1.82) is 0 Å². The summed E-state index contributed by atoms with van der Waals surface area (Å²) in [5.74, 6) is -1.87. The highest BCUT2D eigenvalue weighted by Gasteiger charge is 2.47. The standard InChI is InChI=1S/C16H20F2N2O2/c17-12-1-2-13(18)11(7-12)9-20-10-16(3-5-19-6-4-16)8-14(20)15(21)22/h1-2,7,14,19H,3-6,8-10H2,(H,21,22). The maximum Gasteiger partial charge on any atom is 0.320 e. The van der Waals surface area contributed by atoms with E-state index in [0.717, 1.165) is 44.1 Å². The molecule has 3 rings (SSSR count). The summed E-state index contributed by atoms with van der Waals surface area (Å²) in [6, 6.07) is 2.70. The zero-order valence-electron chi connectivity index (χ0n) is 12.3. The zero-order chi connectivity index (χ0) is 15.7. The Morgan fingerprint density at radius 1 is 1.36 bits per heavy atom. The molecule has 2 heterocycles. The number of nitrogens with one attached hydrogen (secondary N) is 1. The van der Waals surface area contributed by atoms with Crippen LogP contribution in [-0.2, 0) is 11.3 Å². The Balaban J connectivity index is 1.81. The van der Waals surface area contributed by atoms with Crippen molar-refractivity contribution in [2.45, 2.75) is 31.8 Å². The number of rotatable bonds is 3. The predicted molar refractivity (Wildman–Crippen MR) is 77.3 cm³/mol. The topological polar surface area (TPSA) is 52.6 Å². The molecule has 0 radical (unpaired) electrons. The number of likely N-dealkylation sites (tertiary alicyclic amines) is 1. The monoisotopic (exact) mass is 310 g/mol. The molecule has 2 aliphatic rings. The third-order valence-corrected chi connectivity index (χ3v) is 4.94. The number of carbonyl (C=O) groups is 1. The van der Waals surface area contributed by atoms with Gasteiger partial charge in [-0.2, -0.15) is 0 Å². The van der Waals surface area contributed by atoms with Crippen LogP contribution in [0, 0.1) is 17.0 Å². The van der Waals surface area contributed by atoms with Gasteiger partial charge in [-0.25, -0.2) is 8.78 Å². The van der Waals surface area contributed by atoms with Crippen molar-refractivity contribution in [2.75, 3.05) is 19.6 Å². The molecule has 2 saturated heterocycles. The fraction of sp³-hybridized carbons (Fsp3) is 0.562. The smallest absolute Gasteiger partial charge is 0.320 e. The number of nitrogens with zero attached hydrogens (tertiary/aromatic N) is 1. The second-order valence-electron chi connectivity index (χ2n) is 6.45. The molecule has 0 amide bonds. The third kappa shape index (κ3) is 2.98. The van der Waals surface area contributed by atoms with Gasteiger partial charge < -0.3 is 10.4 Å². The number of halogens is 2. The first-order chi connectivity index (χ1) is 10.5. The van der Waals surface area contributed by atoms with Crippen LogP contribution in [0.5, 0.6) is 0 Å². The lowest BCUT2D eigenvalue weighted by Gasteiger charge is -2.33. The molecule has 1 atom stereocenters. The Kier molecular flexibility index (Phi) is 4.14. The predicted octanol–water partition coefficient (Wildman–Crippen LogP) is 1.99. The first kappa shape index (κ1) is 15.4. The normalized spacial score (nSPS) is 24.7. The lowest BCUT2D eigenvalue weighted by atomic mass is 9.77. The van der Waals surface area contributed by atoms with E-state index >= 15 is 0 Å². The fourth-order valence-electron chi connectivity index (χ4n) is 3.76. The summed E-state index contributed by atoms with van der Waals surface area (Å²) in [5, 5.41) is 12.8. The first-order valence-corrected chi connectivity index (χ1v) is 7.61. The van der Waals surface area contributed by atoms with Gasteiger partial charge in [0.15, 0.2) is 0 Å². The molecule has 0 aliphatic carbocycles. The van der Waals surface area contributed by atoms with Gasteiger partial charge in [0, 0.05) is 18.7 Å². The van der Waals surface area contributed by atoms with Crippen molar-refractivity contribution in [3.8, 4) is 0 Å². The van der Waals surface area contributed by atoms with Gasteiger partial charge in [-0.05, 0) is 56.0 Å². The van der Waals surface area contributed by atoms with Crippen molar-refractivity contribution in [3.63, 3.8) is 0 Å². The Morgan fingerprint density at radius 3 is 2.77 bits per heavy atom. The lowest BCUT2D eigenvalue weighted by Crippen LogP contribution is -2.38. The van der Waals surface area contributed by atoms with Crippen LogP contribution in [0.15, 0.2) is 18.2 Å². The van der Waals surface area contributed by atoms with Crippen LogP contribution >= 0.6 is 0 Å². The van der Waals surface area contributed by atoms with Crippen LogP contribution < -0.4 is 5.32 Å². The number of benzene rings is 1. The number of carboxylic acid groups (broad SMARTS) is 1. The van der Waals surface area contributed by atoms with Crippen molar-refractivity contribution < 1.29 is 18.7 Å². The van der Waals surface area contributed by atoms with E-state index in [-0.39, 0.29) is 17.5 Å². The molecule has 1 aromatic carbocycles. The van der Waals surface area contributed by atoms with E-state index in [1.54, 1.807) is 4.90 Å². The van der Waals surface area contributed by atoms with Gasteiger partial charge >= 0.3 is 5.97 Å². The van der Waals surface area contributed by atoms with Crippen LogP contribution in [0.25, 0.3) is 0 Å². The van der Waals surface area contributed by atoms with E-state index in [0.29, 0.717) is 13.0 Å². The van der Waals surface area contributed by atoms with Crippen LogP contribution in [0.3, 0.4) is 0 Å². The number of hydrogen-bond donors (Lipinski definition) is 2. The number of carboxylic acids is 1. The molecule has 1 spiro atoms. The molecule has 0 bridgehead atoms. The molecule has 1 aromatic rings. The third-order valence-electron chi connectivity index (χ3n) is 4.94. The number of hydrogen-bond acceptors (Lipinski definition) is 3.